The lowest BCUT2D eigenvalue weighted by Gasteiger charge is -2.31. The Balaban J connectivity index is 1.68. The molecule has 21 heavy (non-hydrogen) atoms. The molecule has 1 aliphatic rings. The largest absolute Gasteiger partial charge is 0.423 e. The molecular weight excluding hydrogens is 273 g/mol. The van der Waals surface area contributed by atoms with Crippen molar-refractivity contribution in [2.45, 2.75) is 26.5 Å². The molecule has 1 saturated heterocycles. The zero-order valence-electron chi connectivity index (χ0n) is 12.2. The third-order valence-electron chi connectivity index (χ3n) is 3.67. The Hall–Kier alpha value is -1.79. The topological polar surface area (TPSA) is 51.4 Å². The van der Waals surface area contributed by atoms with E-state index in [4.69, 9.17) is 9.15 Å². The summed E-state index contributed by atoms with van der Waals surface area (Å²) in [5.74, 6) is 0.866. The number of aryl methyl sites for hydroxylation is 2. The van der Waals surface area contributed by atoms with Gasteiger partial charge < -0.3 is 9.15 Å². The van der Waals surface area contributed by atoms with Gasteiger partial charge in [-0.3, -0.25) is 4.90 Å². The molecule has 1 aromatic carbocycles. The summed E-state index contributed by atoms with van der Waals surface area (Å²) in [6.45, 7) is 6.60. The summed E-state index contributed by atoms with van der Waals surface area (Å²) in [6.07, 6.45) is -0.194. The van der Waals surface area contributed by atoms with E-state index >= 15 is 0 Å². The number of aromatic nitrogens is 2. The molecule has 0 N–H and O–H groups in total. The van der Waals surface area contributed by atoms with Crippen molar-refractivity contribution in [3.63, 3.8) is 0 Å². The highest BCUT2D eigenvalue weighted by molar-refractivity contribution is 5.26. The predicted molar refractivity (Wildman–Crippen MR) is 74.1 cm³/mol. The van der Waals surface area contributed by atoms with Gasteiger partial charge in [0.2, 0.25) is 11.8 Å². The molecule has 0 spiro atoms. The molecule has 1 aromatic heterocycles. The normalized spacial score (nSPS) is 19.9. The van der Waals surface area contributed by atoms with Crippen LogP contribution in [0, 0.1) is 19.7 Å². The molecule has 0 saturated carbocycles. The van der Waals surface area contributed by atoms with E-state index in [1.807, 2.05) is 13.0 Å². The molecule has 0 aliphatic carbocycles. The maximum absolute atomic E-state index is 13.2. The van der Waals surface area contributed by atoms with Crippen molar-refractivity contribution >= 4 is 0 Å². The van der Waals surface area contributed by atoms with Crippen LogP contribution in [0.2, 0.25) is 0 Å². The van der Waals surface area contributed by atoms with Crippen molar-refractivity contribution in [3.05, 3.63) is 46.9 Å². The third kappa shape index (κ3) is 3.28. The van der Waals surface area contributed by atoms with Crippen LogP contribution in [0.25, 0.3) is 0 Å². The average molecular weight is 291 g/mol. The molecule has 3 rings (SSSR count). The number of morpholine rings is 1. The fraction of sp³-hybridized carbons (Fsp3) is 0.467. The SMILES string of the molecule is Cc1nnc(C2CN(Cc3ccc(F)cc3C)CCO2)o1. The van der Waals surface area contributed by atoms with Gasteiger partial charge in [0.15, 0.2) is 0 Å². The van der Waals surface area contributed by atoms with E-state index in [9.17, 15) is 4.39 Å². The van der Waals surface area contributed by atoms with Gasteiger partial charge in [-0.1, -0.05) is 6.07 Å². The quantitative estimate of drug-likeness (QED) is 0.869. The predicted octanol–water partition coefficient (Wildman–Crippen LogP) is 2.40. The summed E-state index contributed by atoms with van der Waals surface area (Å²) >= 11 is 0. The third-order valence-corrected chi connectivity index (χ3v) is 3.67. The smallest absolute Gasteiger partial charge is 0.246 e. The number of rotatable bonds is 3. The van der Waals surface area contributed by atoms with Crippen molar-refractivity contribution in [3.8, 4) is 0 Å². The maximum atomic E-state index is 13.2. The zero-order chi connectivity index (χ0) is 14.8. The second-order valence-corrected chi connectivity index (χ2v) is 5.32. The summed E-state index contributed by atoms with van der Waals surface area (Å²) < 4.78 is 24.3. The van der Waals surface area contributed by atoms with Crippen LogP contribution in [0.1, 0.15) is 29.0 Å². The molecular formula is C15H18FN3O2. The highest BCUT2D eigenvalue weighted by Crippen LogP contribution is 2.23. The lowest BCUT2D eigenvalue weighted by Crippen LogP contribution is -2.38. The second kappa shape index (κ2) is 5.91. The van der Waals surface area contributed by atoms with Crippen LogP contribution in [-0.2, 0) is 11.3 Å². The second-order valence-electron chi connectivity index (χ2n) is 5.32. The first-order valence-electron chi connectivity index (χ1n) is 7.01. The highest BCUT2D eigenvalue weighted by atomic mass is 19.1. The Morgan fingerprint density at radius 2 is 2.19 bits per heavy atom. The Morgan fingerprint density at radius 1 is 1.33 bits per heavy atom. The summed E-state index contributed by atoms with van der Waals surface area (Å²) in [5, 5.41) is 7.86. The van der Waals surface area contributed by atoms with E-state index in [0.29, 0.717) is 24.9 Å². The number of hydrogen-bond acceptors (Lipinski definition) is 5. The van der Waals surface area contributed by atoms with Gasteiger partial charge in [0.25, 0.3) is 0 Å². The molecule has 1 fully saturated rings. The van der Waals surface area contributed by atoms with Crippen LogP contribution in [-0.4, -0.2) is 34.8 Å². The Morgan fingerprint density at radius 3 is 2.90 bits per heavy atom. The molecule has 0 amide bonds. The van der Waals surface area contributed by atoms with Gasteiger partial charge >= 0.3 is 0 Å². The Bertz CT molecular complexity index is 629. The lowest BCUT2D eigenvalue weighted by atomic mass is 10.1. The van der Waals surface area contributed by atoms with Gasteiger partial charge in [0, 0.05) is 26.6 Å². The molecule has 0 bridgehead atoms. The van der Waals surface area contributed by atoms with Crippen LogP contribution >= 0.6 is 0 Å². The number of benzene rings is 1. The van der Waals surface area contributed by atoms with Gasteiger partial charge in [-0.2, -0.15) is 0 Å². The fourth-order valence-corrected chi connectivity index (χ4v) is 2.52. The van der Waals surface area contributed by atoms with Gasteiger partial charge in [0.05, 0.1) is 6.61 Å². The fourth-order valence-electron chi connectivity index (χ4n) is 2.52. The van der Waals surface area contributed by atoms with Crippen LogP contribution in [0.4, 0.5) is 4.39 Å². The number of ether oxygens (including phenoxy) is 1. The van der Waals surface area contributed by atoms with Crippen LogP contribution < -0.4 is 0 Å². The van der Waals surface area contributed by atoms with Crippen molar-refractivity contribution < 1.29 is 13.5 Å². The van der Waals surface area contributed by atoms with E-state index in [2.05, 4.69) is 15.1 Å². The van der Waals surface area contributed by atoms with Crippen molar-refractivity contribution in [2.24, 2.45) is 0 Å². The summed E-state index contributed by atoms with van der Waals surface area (Å²) in [7, 11) is 0. The molecule has 2 heterocycles. The molecule has 1 aliphatic heterocycles. The maximum Gasteiger partial charge on any atom is 0.246 e. The first kappa shape index (κ1) is 14.2. The van der Waals surface area contributed by atoms with Gasteiger partial charge in [-0.05, 0) is 30.2 Å². The summed E-state index contributed by atoms with van der Waals surface area (Å²) in [6, 6.07) is 4.90. The van der Waals surface area contributed by atoms with E-state index in [-0.39, 0.29) is 11.9 Å². The summed E-state index contributed by atoms with van der Waals surface area (Å²) in [4.78, 5) is 2.26. The lowest BCUT2D eigenvalue weighted by molar-refractivity contribution is -0.0457. The molecule has 1 unspecified atom stereocenters. The zero-order valence-corrected chi connectivity index (χ0v) is 12.2. The minimum Gasteiger partial charge on any atom is -0.423 e. The first-order chi connectivity index (χ1) is 10.1. The standard InChI is InChI=1S/C15H18FN3O2/c1-10-7-13(16)4-3-12(10)8-19-5-6-20-14(9-19)15-18-17-11(2)21-15/h3-4,7,14H,5-6,8-9H2,1-2H3. The van der Waals surface area contributed by atoms with Gasteiger partial charge in [-0.15, -0.1) is 10.2 Å². The van der Waals surface area contributed by atoms with Gasteiger partial charge in [-0.25, -0.2) is 4.39 Å². The number of halogens is 1. The molecule has 6 heteroatoms. The minimum atomic E-state index is -0.197. The van der Waals surface area contributed by atoms with Crippen molar-refractivity contribution in [1.82, 2.24) is 15.1 Å². The highest BCUT2D eigenvalue weighted by Gasteiger charge is 2.26. The first-order valence-corrected chi connectivity index (χ1v) is 7.01. The molecule has 2 aromatic rings. The number of nitrogens with zero attached hydrogens (tertiary/aromatic N) is 3. The van der Waals surface area contributed by atoms with E-state index < -0.39 is 0 Å². The molecule has 0 radical (unpaired) electrons. The Kier molecular flexibility index (Phi) is 3.98. The molecule has 112 valence electrons. The molecule has 1 atom stereocenters. The van der Waals surface area contributed by atoms with E-state index in [1.54, 1.807) is 13.0 Å². The van der Waals surface area contributed by atoms with Crippen LogP contribution in [0.3, 0.4) is 0 Å². The van der Waals surface area contributed by atoms with Crippen LogP contribution in [0.15, 0.2) is 22.6 Å². The molecule has 5 nitrogen and oxygen atoms in total. The number of hydrogen-bond donors (Lipinski definition) is 0. The van der Waals surface area contributed by atoms with Crippen molar-refractivity contribution in [1.29, 1.82) is 0 Å². The van der Waals surface area contributed by atoms with Crippen LogP contribution in [0.5, 0.6) is 0 Å². The monoisotopic (exact) mass is 291 g/mol. The Labute approximate surface area is 122 Å². The summed E-state index contributed by atoms with van der Waals surface area (Å²) in [5.41, 5.74) is 2.09. The van der Waals surface area contributed by atoms with E-state index in [1.165, 1.54) is 6.07 Å². The average Bonchev–Trinajstić information content (AvgIpc) is 2.89. The minimum absolute atomic E-state index is 0.194. The van der Waals surface area contributed by atoms with Gasteiger partial charge in [0.1, 0.15) is 11.9 Å². The van der Waals surface area contributed by atoms with Crippen molar-refractivity contribution in [2.75, 3.05) is 19.7 Å². The van der Waals surface area contributed by atoms with E-state index in [0.717, 1.165) is 24.2 Å².